The average molecular weight is 319 g/mol. The lowest BCUT2D eigenvalue weighted by molar-refractivity contribution is 0.594. The molecule has 0 spiro atoms. The molecule has 2 rings (SSSR count). The Morgan fingerprint density at radius 2 is 1.58 bits per heavy atom. The van der Waals surface area contributed by atoms with E-state index in [2.05, 4.69) is 20.4 Å². The number of nitrogens with two attached hydrogens (primary N) is 1. The molecule has 2 N–H and O–H groups in total. The zero-order valence-corrected chi connectivity index (χ0v) is 12.7. The minimum Gasteiger partial charge on any atom is -0.374 e. The second-order valence-electron chi connectivity index (χ2n) is 3.90. The SMILES string of the molecule is Cc1nnc(CCS(=O)(=O)CCc2nnc(N)s2)s1. The van der Waals surface area contributed by atoms with Crippen LogP contribution in [-0.4, -0.2) is 40.3 Å². The van der Waals surface area contributed by atoms with Crippen LogP contribution in [0, 0.1) is 6.92 Å². The molecule has 2 aromatic rings. The lowest BCUT2D eigenvalue weighted by atomic mass is 10.5. The molecule has 0 aliphatic carbocycles. The van der Waals surface area contributed by atoms with Crippen LogP contribution in [0.2, 0.25) is 0 Å². The van der Waals surface area contributed by atoms with Crippen molar-refractivity contribution in [3.8, 4) is 0 Å². The predicted molar refractivity (Wildman–Crippen MR) is 75.0 cm³/mol. The van der Waals surface area contributed by atoms with Crippen LogP contribution in [-0.2, 0) is 22.7 Å². The van der Waals surface area contributed by atoms with E-state index in [1.165, 1.54) is 22.7 Å². The molecule has 104 valence electrons. The predicted octanol–water partition coefficient (Wildman–Crippen LogP) is 0.480. The normalized spacial score (nSPS) is 11.8. The number of hydrogen-bond acceptors (Lipinski definition) is 9. The molecule has 2 heterocycles. The Bertz CT molecular complexity index is 598. The van der Waals surface area contributed by atoms with E-state index in [1.807, 2.05) is 6.92 Å². The van der Waals surface area contributed by atoms with E-state index < -0.39 is 9.84 Å². The Morgan fingerprint density at radius 1 is 1.00 bits per heavy atom. The minimum absolute atomic E-state index is 0.0550. The largest absolute Gasteiger partial charge is 0.374 e. The fourth-order valence-corrected chi connectivity index (χ4v) is 4.18. The number of aryl methyl sites for hydroxylation is 3. The quantitative estimate of drug-likeness (QED) is 0.824. The topological polar surface area (TPSA) is 112 Å². The van der Waals surface area contributed by atoms with E-state index in [1.54, 1.807) is 0 Å². The summed E-state index contributed by atoms with van der Waals surface area (Å²) in [5.74, 6) is 0.134. The number of anilines is 1. The third-order valence-corrected chi connectivity index (χ3v) is 5.67. The maximum absolute atomic E-state index is 11.9. The number of nitrogens with zero attached hydrogens (tertiary/aromatic N) is 4. The summed E-state index contributed by atoms with van der Waals surface area (Å²) in [5.41, 5.74) is 5.44. The third-order valence-electron chi connectivity index (χ3n) is 2.30. The minimum atomic E-state index is -3.12. The first-order valence-electron chi connectivity index (χ1n) is 5.52. The second kappa shape index (κ2) is 5.88. The Morgan fingerprint density at radius 3 is 2.05 bits per heavy atom. The van der Waals surface area contributed by atoms with E-state index in [4.69, 9.17) is 5.73 Å². The lowest BCUT2D eigenvalue weighted by Crippen LogP contribution is -2.14. The second-order valence-corrected chi connectivity index (χ2v) is 8.56. The molecule has 7 nitrogen and oxygen atoms in total. The van der Waals surface area contributed by atoms with Gasteiger partial charge in [0.1, 0.15) is 15.0 Å². The molecule has 0 fully saturated rings. The summed E-state index contributed by atoms with van der Waals surface area (Å²) < 4.78 is 23.7. The van der Waals surface area contributed by atoms with E-state index in [9.17, 15) is 8.42 Å². The Kier molecular flexibility index (Phi) is 4.42. The molecular formula is C9H13N5O2S3. The molecule has 0 bridgehead atoms. The van der Waals surface area contributed by atoms with E-state index in [0.29, 0.717) is 23.0 Å². The number of sulfone groups is 1. The summed E-state index contributed by atoms with van der Waals surface area (Å²) in [4.78, 5) is 0. The van der Waals surface area contributed by atoms with Crippen molar-refractivity contribution in [1.82, 2.24) is 20.4 Å². The van der Waals surface area contributed by atoms with Crippen molar-refractivity contribution in [2.45, 2.75) is 19.8 Å². The Balaban J connectivity index is 1.85. The zero-order chi connectivity index (χ0) is 13.9. The van der Waals surface area contributed by atoms with Gasteiger partial charge in [-0.3, -0.25) is 0 Å². The molecule has 0 saturated heterocycles. The fourth-order valence-electron chi connectivity index (χ4n) is 1.39. The van der Waals surface area contributed by atoms with E-state index in [-0.39, 0.29) is 11.5 Å². The van der Waals surface area contributed by atoms with Crippen molar-refractivity contribution in [2.24, 2.45) is 0 Å². The van der Waals surface area contributed by atoms with Crippen molar-refractivity contribution in [3.05, 3.63) is 15.0 Å². The average Bonchev–Trinajstić information content (AvgIpc) is 2.93. The highest BCUT2D eigenvalue weighted by Gasteiger charge is 2.14. The van der Waals surface area contributed by atoms with Crippen LogP contribution in [0.4, 0.5) is 5.13 Å². The van der Waals surface area contributed by atoms with Gasteiger partial charge in [-0.05, 0) is 6.92 Å². The molecule has 0 atom stereocenters. The summed E-state index contributed by atoms with van der Waals surface area (Å²) in [6.45, 7) is 1.84. The van der Waals surface area contributed by atoms with Gasteiger partial charge in [0.15, 0.2) is 9.84 Å². The van der Waals surface area contributed by atoms with Gasteiger partial charge in [0.2, 0.25) is 5.13 Å². The van der Waals surface area contributed by atoms with Crippen LogP contribution in [0.5, 0.6) is 0 Å². The van der Waals surface area contributed by atoms with Gasteiger partial charge in [0, 0.05) is 12.8 Å². The highest BCUT2D eigenvalue weighted by molar-refractivity contribution is 7.91. The first-order chi connectivity index (χ1) is 8.94. The van der Waals surface area contributed by atoms with Crippen molar-refractivity contribution < 1.29 is 8.42 Å². The Hall–Kier alpha value is -1.13. The smallest absolute Gasteiger partial charge is 0.203 e. The molecule has 0 radical (unpaired) electrons. The van der Waals surface area contributed by atoms with Gasteiger partial charge in [-0.2, -0.15) is 0 Å². The highest BCUT2D eigenvalue weighted by Crippen LogP contribution is 2.13. The lowest BCUT2D eigenvalue weighted by Gasteiger charge is -2.00. The number of rotatable bonds is 6. The van der Waals surface area contributed by atoms with Crippen LogP contribution in [0.3, 0.4) is 0 Å². The molecule has 0 amide bonds. The maximum Gasteiger partial charge on any atom is 0.203 e. The molecule has 10 heteroatoms. The molecule has 0 aromatic carbocycles. The molecule has 0 unspecified atom stereocenters. The van der Waals surface area contributed by atoms with Crippen LogP contribution in [0.25, 0.3) is 0 Å². The maximum atomic E-state index is 11.9. The first kappa shape index (κ1) is 14.3. The highest BCUT2D eigenvalue weighted by atomic mass is 32.2. The van der Waals surface area contributed by atoms with Gasteiger partial charge in [-0.25, -0.2) is 8.42 Å². The summed E-state index contributed by atoms with van der Waals surface area (Å²) in [6.07, 6.45) is 0.762. The summed E-state index contributed by atoms with van der Waals surface area (Å²) in [7, 11) is -3.12. The fraction of sp³-hybridized carbons (Fsp3) is 0.556. The van der Waals surface area contributed by atoms with Gasteiger partial charge in [0.05, 0.1) is 11.5 Å². The first-order valence-corrected chi connectivity index (χ1v) is 8.97. The van der Waals surface area contributed by atoms with Crippen molar-refractivity contribution >= 4 is 37.6 Å². The number of hydrogen-bond donors (Lipinski definition) is 1. The van der Waals surface area contributed by atoms with Crippen LogP contribution in [0.1, 0.15) is 15.0 Å². The third kappa shape index (κ3) is 4.48. The van der Waals surface area contributed by atoms with E-state index >= 15 is 0 Å². The summed E-state index contributed by atoms with van der Waals surface area (Å²) >= 11 is 2.64. The summed E-state index contributed by atoms with van der Waals surface area (Å²) in [6, 6.07) is 0. The zero-order valence-electron chi connectivity index (χ0n) is 10.2. The van der Waals surface area contributed by atoms with Gasteiger partial charge in [-0.15, -0.1) is 31.7 Å². The van der Waals surface area contributed by atoms with Crippen molar-refractivity contribution in [2.75, 3.05) is 17.2 Å². The molecule has 19 heavy (non-hydrogen) atoms. The van der Waals surface area contributed by atoms with Gasteiger partial charge < -0.3 is 5.73 Å². The van der Waals surface area contributed by atoms with Crippen molar-refractivity contribution in [1.29, 1.82) is 0 Å². The van der Waals surface area contributed by atoms with Crippen LogP contribution in [0.15, 0.2) is 0 Å². The number of nitrogen functional groups attached to an aromatic ring is 1. The van der Waals surface area contributed by atoms with Crippen LogP contribution < -0.4 is 5.73 Å². The molecular weight excluding hydrogens is 306 g/mol. The van der Waals surface area contributed by atoms with Crippen LogP contribution >= 0.6 is 22.7 Å². The Labute approximate surface area is 118 Å². The molecule has 0 aliphatic rings. The monoisotopic (exact) mass is 319 g/mol. The summed E-state index contributed by atoms with van der Waals surface area (Å²) in [5, 5.41) is 17.8. The molecule has 0 saturated carbocycles. The van der Waals surface area contributed by atoms with Gasteiger partial charge in [-0.1, -0.05) is 11.3 Å². The van der Waals surface area contributed by atoms with E-state index in [0.717, 1.165) is 10.0 Å². The number of aromatic nitrogens is 4. The van der Waals surface area contributed by atoms with Gasteiger partial charge in [0.25, 0.3) is 0 Å². The molecule has 2 aromatic heterocycles. The standard InChI is InChI=1S/C9H13N5O2S3/c1-6-11-12-7(17-6)2-4-19(15,16)5-3-8-13-14-9(10)18-8/h2-5H2,1H3,(H2,10,14). The van der Waals surface area contributed by atoms with Crippen molar-refractivity contribution in [3.63, 3.8) is 0 Å². The van der Waals surface area contributed by atoms with Gasteiger partial charge >= 0.3 is 0 Å². The molecule has 0 aliphatic heterocycles.